The first-order chi connectivity index (χ1) is 9.29. The first-order valence-corrected chi connectivity index (χ1v) is 8.19. The van der Waals surface area contributed by atoms with Crippen LogP contribution in [-0.2, 0) is 10.0 Å². The zero-order chi connectivity index (χ0) is 14.9. The number of halogens is 3. The van der Waals surface area contributed by atoms with Gasteiger partial charge in [-0.1, -0.05) is 17.7 Å². The molecule has 1 N–H and O–H groups in total. The summed E-state index contributed by atoms with van der Waals surface area (Å²) in [6.07, 6.45) is 0. The van der Waals surface area contributed by atoms with Crippen molar-refractivity contribution in [3.63, 3.8) is 0 Å². The van der Waals surface area contributed by atoms with E-state index < -0.39 is 15.8 Å². The third kappa shape index (κ3) is 3.31. The van der Waals surface area contributed by atoms with Crippen molar-refractivity contribution in [2.45, 2.75) is 11.8 Å². The van der Waals surface area contributed by atoms with E-state index in [1.165, 1.54) is 6.07 Å². The second-order valence-corrected chi connectivity index (χ2v) is 7.08. The molecule has 7 heteroatoms. The lowest BCUT2D eigenvalue weighted by molar-refractivity contribution is 0.595. The molecule has 0 bridgehead atoms. The van der Waals surface area contributed by atoms with Crippen LogP contribution in [-0.4, -0.2) is 8.42 Å². The molecule has 0 saturated heterocycles. The van der Waals surface area contributed by atoms with Crippen LogP contribution in [0.15, 0.2) is 45.8 Å². The second kappa shape index (κ2) is 5.71. The van der Waals surface area contributed by atoms with Crippen molar-refractivity contribution >= 4 is 43.2 Å². The molecule has 0 aliphatic carbocycles. The van der Waals surface area contributed by atoms with Gasteiger partial charge in [0.25, 0.3) is 10.0 Å². The van der Waals surface area contributed by atoms with Crippen molar-refractivity contribution in [3.05, 3.63) is 57.3 Å². The molecule has 0 radical (unpaired) electrons. The molecule has 2 aromatic rings. The van der Waals surface area contributed by atoms with Crippen LogP contribution >= 0.6 is 27.5 Å². The SMILES string of the molecule is Cc1ccc(NS(=O)(=O)c2cc(F)ccc2Cl)c(Br)c1. The van der Waals surface area contributed by atoms with Gasteiger partial charge in [-0.25, -0.2) is 12.8 Å². The van der Waals surface area contributed by atoms with Crippen molar-refractivity contribution < 1.29 is 12.8 Å². The lowest BCUT2D eigenvalue weighted by Crippen LogP contribution is -2.14. The highest BCUT2D eigenvalue weighted by Gasteiger charge is 2.19. The van der Waals surface area contributed by atoms with Gasteiger partial charge in [0, 0.05) is 4.47 Å². The van der Waals surface area contributed by atoms with Gasteiger partial charge in [0.15, 0.2) is 0 Å². The minimum atomic E-state index is -3.95. The van der Waals surface area contributed by atoms with Crippen LogP contribution in [0.1, 0.15) is 5.56 Å². The first kappa shape index (κ1) is 15.3. The molecule has 0 spiro atoms. The van der Waals surface area contributed by atoms with Crippen LogP contribution < -0.4 is 4.72 Å². The van der Waals surface area contributed by atoms with Gasteiger partial charge >= 0.3 is 0 Å². The van der Waals surface area contributed by atoms with E-state index in [4.69, 9.17) is 11.6 Å². The normalized spacial score (nSPS) is 11.4. The van der Waals surface area contributed by atoms with Crippen molar-refractivity contribution in [2.75, 3.05) is 4.72 Å². The summed E-state index contributed by atoms with van der Waals surface area (Å²) in [5, 5.41) is -0.0397. The maximum absolute atomic E-state index is 13.2. The van der Waals surface area contributed by atoms with Gasteiger partial charge in [-0.15, -0.1) is 0 Å². The maximum Gasteiger partial charge on any atom is 0.263 e. The summed E-state index contributed by atoms with van der Waals surface area (Å²) in [5.74, 6) is -0.669. The molecule has 0 fully saturated rings. The summed E-state index contributed by atoms with van der Waals surface area (Å²) in [4.78, 5) is -0.299. The van der Waals surface area contributed by atoms with Crippen LogP contribution in [0.25, 0.3) is 0 Å². The molecule has 0 unspecified atom stereocenters. The molecule has 0 heterocycles. The average Bonchev–Trinajstić information content (AvgIpc) is 2.35. The van der Waals surface area contributed by atoms with E-state index in [0.29, 0.717) is 10.2 Å². The standard InChI is InChI=1S/C13H10BrClFNO2S/c1-8-2-5-12(10(14)6-8)17-20(18,19)13-7-9(16)3-4-11(13)15/h2-7,17H,1H3. The average molecular weight is 379 g/mol. The summed E-state index contributed by atoms with van der Waals surface area (Å²) in [6.45, 7) is 1.88. The summed E-state index contributed by atoms with van der Waals surface area (Å²) < 4.78 is 40.6. The molecule has 2 rings (SSSR count). The third-order valence-corrected chi connectivity index (χ3v) is 5.05. The molecule has 0 atom stereocenters. The number of aryl methyl sites for hydroxylation is 1. The van der Waals surface area contributed by atoms with Gasteiger partial charge in [0.2, 0.25) is 0 Å². The van der Waals surface area contributed by atoms with E-state index in [1.54, 1.807) is 18.2 Å². The number of benzene rings is 2. The van der Waals surface area contributed by atoms with Crippen molar-refractivity contribution in [2.24, 2.45) is 0 Å². The fourth-order valence-electron chi connectivity index (χ4n) is 1.59. The number of nitrogens with one attached hydrogen (secondary N) is 1. The van der Waals surface area contributed by atoms with E-state index in [-0.39, 0.29) is 9.92 Å². The van der Waals surface area contributed by atoms with Crippen LogP contribution in [0.3, 0.4) is 0 Å². The quantitative estimate of drug-likeness (QED) is 0.863. The van der Waals surface area contributed by atoms with Crippen molar-refractivity contribution in [1.29, 1.82) is 0 Å². The highest BCUT2D eigenvalue weighted by molar-refractivity contribution is 9.10. The molecular formula is C13H10BrClFNO2S. The smallest absolute Gasteiger partial charge is 0.263 e. The Morgan fingerprint density at radius 1 is 1.20 bits per heavy atom. The summed E-state index contributed by atoms with van der Waals surface area (Å²) >= 11 is 9.09. The lowest BCUT2D eigenvalue weighted by Gasteiger charge is -2.11. The Bertz CT molecular complexity index is 765. The Kier molecular flexibility index (Phi) is 4.36. The van der Waals surface area contributed by atoms with Crippen LogP contribution in [0.2, 0.25) is 5.02 Å². The molecule has 0 saturated carbocycles. The molecule has 0 aliphatic rings. The molecule has 0 aliphatic heterocycles. The first-order valence-electron chi connectivity index (χ1n) is 5.53. The maximum atomic E-state index is 13.2. The Morgan fingerprint density at radius 3 is 2.55 bits per heavy atom. The Morgan fingerprint density at radius 2 is 1.90 bits per heavy atom. The molecule has 0 amide bonds. The number of hydrogen-bond donors (Lipinski definition) is 1. The Balaban J connectivity index is 2.43. The van der Waals surface area contributed by atoms with Crippen molar-refractivity contribution in [1.82, 2.24) is 0 Å². The topological polar surface area (TPSA) is 46.2 Å². The van der Waals surface area contributed by atoms with Crippen LogP contribution in [0.4, 0.5) is 10.1 Å². The number of sulfonamides is 1. The number of rotatable bonds is 3. The number of anilines is 1. The third-order valence-electron chi connectivity index (χ3n) is 2.55. The lowest BCUT2D eigenvalue weighted by atomic mass is 10.2. The monoisotopic (exact) mass is 377 g/mol. The van der Waals surface area contributed by atoms with E-state index >= 15 is 0 Å². The zero-order valence-corrected chi connectivity index (χ0v) is 13.5. The van der Waals surface area contributed by atoms with Gasteiger partial charge < -0.3 is 0 Å². The second-order valence-electron chi connectivity index (χ2n) is 4.16. The van der Waals surface area contributed by atoms with Gasteiger partial charge in [0.05, 0.1) is 10.7 Å². The van der Waals surface area contributed by atoms with E-state index in [0.717, 1.165) is 17.7 Å². The molecule has 106 valence electrons. The van der Waals surface area contributed by atoms with E-state index in [1.807, 2.05) is 6.92 Å². The van der Waals surface area contributed by atoms with Gasteiger partial charge in [-0.05, 0) is 58.7 Å². The minimum absolute atomic E-state index is 0.0397. The van der Waals surface area contributed by atoms with Gasteiger partial charge in [0.1, 0.15) is 10.7 Å². The molecule has 20 heavy (non-hydrogen) atoms. The van der Waals surface area contributed by atoms with E-state index in [9.17, 15) is 12.8 Å². The summed E-state index contributed by atoms with van der Waals surface area (Å²) in [7, 11) is -3.95. The molecular weight excluding hydrogens is 369 g/mol. The van der Waals surface area contributed by atoms with Crippen molar-refractivity contribution in [3.8, 4) is 0 Å². The highest BCUT2D eigenvalue weighted by Crippen LogP contribution is 2.28. The Hall–Kier alpha value is -1.11. The molecule has 3 nitrogen and oxygen atoms in total. The van der Waals surface area contributed by atoms with Gasteiger partial charge in [-0.2, -0.15) is 0 Å². The van der Waals surface area contributed by atoms with E-state index in [2.05, 4.69) is 20.7 Å². The molecule has 0 aromatic heterocycles. The summed E-state index contributed by atoms with van der Waals surface area (Å²) in [6, 6.07) is 8.33. The minimum Gasteiger partial charge on any atom is -0.278 e. The van der Waals surface area contributed by atoms with Crippen LogP contribution in [0.5, 0.6) is 0 Å². The fourth-order valence-corrected chi connectivity index (χ4v) is 3.90. The fraction of sp³-hybridized carbons (Fsp3) is 0.0769. The predicted octanol–water partition coefficient (Wildman–Crippen LogP) is 4.35. The molecule has 2 aromatic carbocycles. The zero-order valence-electron chi connectivity index (χ0n) is 10.3. The van der Waals surface area contributed by atoms with Crippen LogP contribution in [0, 0.1) is 12.7 Å². The highest BCUT2D eigenvalue weighted by atomic mass is 79.9. The predicted molar refractivity (Wildman–Crippen MR) is 81.1 cm³/mol. The Labute approximate surface area is 130 Å². The largest absolute Gasteiger partial charge is 0.278 e. The number of hydrogen-bond acceptors (Lipinski definition) is 2. The van der Waals surface area contributed by atoms with Gasteiger partial charge in [-0.3, -0.25) is 4.72 Å². The summed E-state index contributed by atoms with van der Waals surface area (Å²) in [5.41, 5.74) is 1.33.